The lowest BCUT2D eigenvalue weighted by Crippen LogP contribution is -2.27. The molecule has 2 N–H and O–H groups in total. The standard InChI is InChI=1S/C15H19N3O/c1-4-7-10(2)15(19)16-11(3)14-17-12-8-5-6-9-13(12)18-14/h5-9,11H,4H2,1-3H3,(H,16,19)(H,17,18). The molecule has 1 atom stereocenters. The summed E-state index contributed by atoms with van der Waals surface area (Å²) in [6.07, 6.45) is 2.78. The largest absolute Gasteiger partial charge is 0.343 e. The van der Waals surface area contributed by atoms with Gasteiger partial charge in [-0.25, -0.2) is 4.98 Å². The van der Waals surface area contributed by atoms with Crippen LogP contribution in [0.3, 0.4) is 0 Å². The minimum atomic E-state index is -0.139. The van der Waals surface area contributed by atoms with E-state index in [0.717, 1.165) is 28.9 Å². The summed E-state index contributed by atoms with van der Waals surface area (Å²) in [4.78, 5) is 19.6. The van der Waals surface area contributed by atoms with E-state index in [1.807, 2.05) is 51.1 Å². The third-order valence-corrected chi connectivity index (χ3v) is 3.03. The Morgan fingerprint density at radius 3 is 2.89 bits per heavy atom. The van der Waals surface area contributed by atoms with Gasteiger partial charge >= 0.3 is 0 Å². The van der Waals surface area contributed by atoms with Crippen LogP contribution in [0.2, 0.25) is 0 Å². The van der Waals surface area contributed by atoms with Crippen LogP contribution in [0.1, 0.15) is 39.1 Å². The predicted octanol–water partition coefficient (Wildman–Crippen LogP) is 3.10. The van der Waals surface area contributed by atoms with Gasteiger partial charge in [0.25, 0.3) is 0 Å². The van der Waals surface area contributed by atoms with E-state index in [1.54, 1.807) is 0 Å². The Hall–Kier alpha value is -2.10. The van der Waals surface area contributed by atoms with Crippen LogP contribution in [0.5, 0.6) is 0 Å². The first kappa shape index (κ1) is 13.3. The maximum absolute atomic E-state index is 11.9. The summed E-state index contributed by atoms with van der Waals surface area (Å²) >= 11 is 0. The Morgan fingerprint density at radius 1 is 1.47 bits per heavy atom. The van der Waals surface area contributed by atoms with Crippen molar-refractivity contribution in [3.8, 4) is 0 Å². The normalized spacial score (nSPS) is 13.5. The Kier molecular flexibility index (Phi) is 4.00. The van der Waals surface area contributed by atoms with E-state index in [4.69, 9.17) is 0 Å². The number of para-hydroxylation sites is 2. The fourth-order valence-corrected chi connectivity index (χ4v) is 1.96. The van der Waals surface area contributed by atoms with Crippen LogP contribution in [0.25, 0.3) is 11.0 Å². The molecule has 1 unspecified atom stereocenters. The monoisotopic (exact) mass is 257 g/mol. The molecule has 100 valence electrons. The van der Waals surface area contributed by atoms with Crippen molar-refractivity contribution in [1.82, 2.24) is 15.3 Å². The minimum absolute atomic E-state index is 0.0465. The van der Waals surface area contributed by atoms with E-state index in [9.17, 15) is 4.79 Å². The average molecular weight is 257 g/mol. The number of nitrogens with one attached hydrogen (secondary N) is 2. The maximum atomic E-state index is 11.9. The Morgan fingerprint density at radius 2 is 2.21 bits per heavy atom. The third-order valence-electron chi connectivity index (χ3n) is 3.03. The molecule has 0 saturated carbocycles. The zero-order valence-corrected chi connectivity index (χ0v) is 11.5. The lowest BCUT2D eigenvalue weighted by Gasteiger charge is -2.11. The second-order valence-electron chi connectivity index (χ2n) is 4.63. The van der Waals surface area contributed by atoms with Crippen molar-refractivity contribution >= 4 is 16.9 Å². The Bertz CT molecular complexity index is 580. The highest BCUT2D eigenvalue weighted by Gasteiger charge is 2.14. The summed E-state index contributed by atoms with van der Waals surface area (Å²) in [5.74, 6) is 0.730. The van der Waals surface area contributed by atoms with E-state index in [0.29, 0.717) is 0 Å². The number of aromatic nitrogens is 2. The lowest BCUT2D eigenvalue weighted by molar-refractivity contribution is -0.118. The molecule has 0 aliphatic carbocycles. The molecule has 19 heavy (non-hydrogen) atoms. The molecule has 2 rings (SSSR count). The molecule has 1 amide bonds. The van der Waals surface area contributed by atoms with Crippen LogP contribution >= 0.6 is 0 Å². The molecular weight excluding hydrogens is 238 g/mol. The second kappa shape index (κ2) is 5.69. The summed E-state index contributed by atoms with van der Waals surface area (Å²) in [7, 11) is 0. The molecule has 0 bridgehead atoms. The Balaban J connectivity index is 2.13. The van der Waals surface area contributed by atoms with Gasteiger partial charge in [0.1, 0.15) is 5.82 Å². The number of allylic oxidation sites excluding steroid dienone is 1. The Labute approximate surface area is 112 Å². The second-order valence-corrected chi connectivity index (χ2v) is 4.63. The molecule has 0 fully saturated rings. The van der Waals surface area contributed by atoms with Gasteiger partial charge in [-0.3, -0.25) is 4.79 Å². The minimum Gasteiger partial charge on any atom is -0.343 e. The topological polar surface area (TPSA) is 57.8 Å². The summed E-state index contributed by atoms with van der Waals surface area (Å²) in [5, 5.41) is 2.94. The molecule has 0 aliphatic rings. The number of carbonyl (C=O) groups is 1. The zero-order chi connectivity index (χ0) is 13.8. The number of carbonyl (C=O) groups excluding carboxylic acids is 1. The molecule has 2 aromatic rings. The predicted molar refractivity (Wildman–Crippen MR) is 76.7 cm³/mol. The number of amides is 1. The number of fused-ring (bicyclic) bond motifs is 1. The van der Waals surface area contributed by atoms with Gasteiger partial charge in [-0.05, 0) is 32.4 Å². The van der Waals surface area contributed by atoms with Crippen molar-refractivity contribution < 1.29 is 4.79 Å². The van der Waals surface area contributed by atoms with Crippen LogP contribution in [0, 0.1) is 0 Å². The zero-order valence-electron chi connectivity index (χ0n) is 11.5. The van der Waals surface area contributed by atoms with E-state index < -0.39 is 0 Å². The molecule has 0 saturated heterocycles. The molecule has 1 aromatic heterocycles. The summed E-state index contributed by atoms with van der Waals surface area (Å²) < 4.78 is 0. The SMILES string of the molecule is CCC=C(C)C(=O)NC(C)c1nc2ccccc2[nH]1. The fourth-order valence-electron chi connectivity index (χ4n) is 1.96. The smallest absolute Gasteiger partial charge is 0.247 e. The summed E-state index contributed by atoms with van der Waals surface area (Å²) in [5.41, 5.74) is 2.64. The van der Waals surface area contributed by atoms with Gasteiger partial charge in [0, 0.05) is 5.57 Å². The summed E-state index contributed by atoms with van der Waals surface area (Å²) in [6.45, 7) is 5.76. The fraction of sp³-hybridized carbons (Fsp3) is 0.333. The first-order valence-corrected chi connectivity index (χ1v) is 6.54. The van der Waals surface area contributed by atoms with Gasteiger partial charge in [0.05, 0.1) is 17.1 Å². The van der Waals surface area contributed by atoms with Crippen molar-refractivity contribution in [3.05, 3.63) is 41.7 Å². The van der Waals surface area contributed by atoms with E-state index in [2.05, 4.69) is 15.3 Å². The number of aromatic amines is 1. The first-order chi connectivity index (χ1) is 9.11. The number of H-pyrrole nitrogens is 1. The number of hydrogen-bond donors (Lipinski definition) is 2. The van der Waals surface area contributed by atoms with Crippen LogP contribution in [0.4, 0.5) is 0 Å². The van der Waals surface area contributed by atoms with Crippen LogP contribution < -0.4 is 5.32 Å². The van der Waals surface area contributed by atoms with Crippen LogP contribution in [0.15, 0.2) is 35.9 Å². The molecule has 4 heteroatoms. The van der Waals surface area contributed by atoms with Crippen molar-refractivity contribution in [3.63, 3.8) is 0 Å². The summed E-state index contributed by atoms with van der Waals surface area (Å²) in [6, 6.07) is 7.70. The molecule has 1 heterocycles. The number of hydrogen-bond acceptors (Lipinski definition) is 2. The highest BCUT2D eigenvalue weighted by atomic mass is 16.1. The maximum Gasteiger partial charge on any atom is 0.247 e. The highest BCUT2D eigenvalue weighted by molar-refractivity contribution is 5.93. The van der Waals surface area contributed by atoms with Crippen LogP contribution in [-0.2, 0) is 4.79 Å². The first-order valence-electron chi connectivity index (χ1n) is 6.54. The van der Waals surface area contributed by atoms with Gasteiger partial charge in [-0.15, -0.1) is 0 Å². The van der Waals surface area contributed by atoms with Gasteiger partial charge in [0.15, 0.2) is 0 Å². The highest BCUT2D eigenvalue weighted by Crippen LogP contribution is 2.15. The van der Waals surface area contributed by atoms with Gasteiger partial charge in [-0.1, -0.05) is 25.1 Å². The lowest BCUT2D eigenvalue weighted by atomic mass is 10.2. The van der Waals surface area contributed by atoms with Crippen LogP contribution in [-0.4, -0.2) is 15.9 Å². The van der Waals surface area contributed by atoms with Gasteiger partial charge in [0.2, 0.25) is 5.91 Å². The van der Waals surface area contributed by atoms with Crippen molar-refractivity contribution in [1.29, 1.82) is 0 Å². The quantitative estimate of drug-likeness (QED) is 0.827. The van der Waals surface area contributed by atoms with Gasteiger partial charge < -0.3 is 10.3 Å². The van der Waals surface area contributed by atoms with Crippen molar-refractivity contribution in [2.24, 2.45) is 0 Å². The van der Waals surface area contributed by atoms with Gasteiger partial charge in [-0.2, -0.15) is 0 Å². The van der Waals surface area contributed by atoms with Crippen molar-refractivity contribution in [2.45, 2.75) is 33.2 Å². The molecule has 4 nitrogen and oxygen atoms in total. The number of rotatable bonds is 4. The van der Waals surface area contributed by atoms with E-state index in [1.165, 1.54) is 0 Å². The number of nitrogens with zero attached hydrogens (tertiary/aromatic N) is 1. The third kappa shape index (κ3) is 3.02. The molecule has 0 aliphatic heterocycles. The number of benzene rings is 1. The molecule has 0 radical (unpaired) electrons. The van der Waals surface area contributed by atoms with Crippen molar-refractivity contribution in [2.75, 3.05) is 0 Å². The van der Waals surface area contributed by atoms with E-state index >= 15 is 0 Å². The molecule has 0 spiro atoms. The molecular formula is C15H19N3O. The molecule has 1 aromatic carbocycles. The van der Waals surface area contributed by atoms with E-state index in [-0.39, 0.29) is 11.9 Å². The number of imidazole rings is 1. The average Bonchev–Trinajstić information content (AvgIpc) is 2.82.